The van der Waals surface area contributed by atoms with Gasteiger partial charge in [0.25, 0.3) is 23.6 Å². The van der Waals surface area contributed by atoms with Crippen LogP contribution in [0.1, 0.15) is 135 Å². The lowest BCUT2D eigenvalue weighted by Gasteiger charge is -2.33. The van der Waals surface area contributed by atoms with Gasteiger partial charge in [0.15, 0.2) is 12.2 Å². The van der Waals surface area contributed by atoms with E-state index in [0.717, 1.165) is 0 Å². The van der Waals surface area contributed by atoms with Gasteiger partial charge in [-0.25, -0.2) is 9.59 Å². The number of halogens is 6. The minimum absolute atomic E-state index is 0.139. The summed E-state index contributed by atoms with van der Waals surface area (Å²) in [7, 11) is 0. The molecule has 12 amide bonds. The predicted molar refractivity (Wildman–Crippen MR) is 352 cm³/mol. The van der Waals surface area contributed by atoms with Gasteiger partial charge in [-0.2, -0.15) is 26.3 Å². The highest BCUT2D eigenvalue weighted by Crippen LogP contribution is 2.29. The molecule has 2 aromatic carbocycles. The van der Waals surface area contributed by atoms with Gasteiger partial charge in [-0.3, -0.25) is 38.4 Å². The SMILES string of the molecule is CC(C)C(NC(=O)[C@@H]1CCCN1C(=O)[C@@H](NC(=O)c1ccc(C(=O)NCCOCCOCCNC(=O)NCCCCNC(=O)NCCOCCOCCNC(=O)c2ccc(C(=O)N[C@H](C(=O)N3CCC[C@H]3C(=O)NC(C(C)C)C(O)C(F)(F)F)C(C)C)cc2)cc1)C(C)C)C(O)C(F)(F)F. The van der Waals surface area contributed by atoms with Crippen molar-refractivity contribution in [2.24, 2.45) is 23.7 Å². The zero-order chi connectivity index (χ0) is 74.3. The number of likely N-dealkylation sites (tertiary alicyclic amines) is 2. The fourth-order valence-corrected chi connectivity index (χ4v) is 10.7. The van der Waals surface area contributed by atoms with E-state index >= 15 is 0 Å². The number of amides is 12. The quantitative estimate of drug-likeness (QED) is 0.0336. The van der Waals surface area contributed by atoms with Crippen molar-refractivity contribution in [2.45, 2.75) is 155 Å². The van der Waals surface area contributed by atoms with Crippen LogP contribution in [-0.2, 0) is 38.1 Å². The lowest BCUT2D eigenvalue weighted by atomic mass is 9.97. The summed E-state index contributed by atoms with van der Waals surface area (Å²) in [4.78, 5) is 133. The van der Waals surface area contributed by atoms with E-state index in [1.165, 1.54) is 86.0 Å². The third kappa shape index (κ3) is 28.2. The Bertz CT molecular complexity index is 2760. The number of ether oxygens (including phenoxy) is 4. The van der Waals surface area contributed by atoms with Crippen LogP contribution in [0.3, 0.4) is 0 Å². The van der Waals surface area contributed by atoms with Crippen molar-refractivity contribution in [2.75, 3.05) is 105 Å². The molecule has 100 heavy (non-hydrogen) atoms. The number of nitrogens with zero attached hydrogens (tertiary/aromatic N) is 2. The number of urea groups is 2. The molecule has 0 spiro atoms. The summed E-state index contributed by atoms with van der Waals surface area (Å²) < 4.78 is 102. The van der Waals surface area contributed by atoms with Crippen LogP contribution in [0.15, 0.2) is 48.5 Å². The smallest absolute Gasteiger partial charge is 0.382 e. The second-order valence-electron chi connectivity index (χ2n) is 25.5. The van der Waals surface area contributed by atoms with E-state index in [9.17, 15) is 84.5 Å². The molecule has 562 valence electrons. The van der Waals surface area contributed by atoms with Crippen LogP contribution in [0.4, 0.5) is 35.9 Å². The van der Waals surface area contributed by atoms with Crippen LogP contribution in [0.25, 0.3) is 0 Å². The monoisotopic (exact) mass is 1430 g/mol. The molecule has 12 N–H and O–H groups in total. The summed E-state index contributed by atoms with van der Waals surface area (Å²) in [5.41, 5.74) is 0.783. The predicted octanol–water partition coefficient (Wildman–Crippen LogP) is 2.91. The Morgan fingerprint density at radius 1 is 0.410 bits per heavy atom. The van der Waals surface area contributed by atoms with Crippen molar-refractivity contribution in [1.82, 2.24) is 63.0 Å². The minimum Gasteiger partial charge on any atom is -0.382 e. The molecule has 8 atom stereocenters. The Morgan fingerprint density at radius 3 is 0.970 bits per heavy atom. The Hall–Kier alpha value is -7.92. The molecule has 0 saturated carbocycles. The topological polar surface area (TPSA) is 375 Å². The molecule has 2 aliphatic rings. The third-order valence-corrected chi connectivity index (χ3v) is 16.4. The highest BCUT2D eigenvalue weighted by atomic mass is 19.4. The molecule has 2 heterocycles. The number of hydrogen-bond donors (Lipinski definition) is 12. The van der Waals surface area contributed by atoms with Gasteiger partial charge in [0.1, 0.15) is 24.2 Å². The van der Waals surface area contributed by atoms with E-state index in [0.29, 0.717) is 38.8 Å². The Kier molecular flexibility index (Phi) is 35.8. The van der Waals surface area contributed by atoms with E-state index in [1.54, 1.807) is 27.7 Å². The second kappa shape index (κ2) is 42.4. The van der Waals surface area contributed by atoms with Gasteiger partial charge in [0, 0.05) is 74.6 Å². The number of carbonyl (C=O) groups excluding carboxylic acids is 10. The van der Waals surface area contributed by atoms with Gasteiger partial charge in [0.2, 0.25) is 23.6 Å². The van der Waals surface area contributed by atoms with Crippen molar-refractivity contribution >= 4 is 59.3 Å². The van der Waals surface area contributed by atoms with Crippen molar-refractivity contribution < 1.29 is 103 Å². The van der Waals surface area contributed by atoms with Gasteiger partial charge in [-0.1, -0.05) is 55.4 Å². The number of benzene rings is 2. The summed E-state index contributed by atoms with van der Waals surface area (Å²) in [6, 6.07) is 2.94. The number of rotatable bonds is 41. The zero-order valence-corrected chi connectivity index (χ0v) is 57.9. The number of alkyl halides is 6. The van der Waals surface area contributed by atoms with Crippen LogP contribution < -0.4 is 53.2 Å². The highest BCUT2D eigenvalue weighted by molar-refractivity contribution is 6.02. The number of carbonyl (C=O) groups is 10. The van der Waals surface area contributed by atoms with E-state index in [-0.39, 0.29) is 139 Å². The van der Waals surface area contributed by atoms with E-state index in [4.69, 9.17) is 18.9 Å². The zero-order valence-electron chi connectivity index (χ0n) is 57.9. The van der Waals surface area contributed by atoms with Crippen molar-refractivity contribution in [3.63, 3.8) is 0 Å². The molecule has 4 unspecified atom stereocenters. The molecule has 0 aliphatic carbocycles. The molecule has 2 aliphatic heterocycles. The summed E-state index contributed by atoms with van der Waals surface area (Å²) in [6.45, 7) is 15.9. The summed E-state index contributed by atoms with van der Waals surface area (Å²) in [6.07, 6.45) is -13.2. The molecule has 0 aromatic heterocycles. The van der Waals surface area contributed by atoms with Gasteiger partial charge in [-0.15, -0.1) is 0 Å². The Morgan fingerprint density at radius 2 is 0.690 bits per heavy atom. The number of unbranched alkanes of at least 4 members (excludes halogenated alkanes) is 1. The lowest BCUT2D eigenvalue weighted by Crippen LogP contribution is -2.59. The molecule has 0 radical (unpaired) electrons. The van der Waals surface area contributed by atoms with Crippen LogP contribution in [0.2, 0.25) is 0 Å². The van der Waals surface area contributed by atoms with Crippen molar-refractivity contribution in [3.8, 4) is 0 Å². The molecule has 34 heteroatoms. The van der Waals surface area contributed by atoms with Crippen LogP contribution >= 0.6 is 0 Å². The van der Waals surface area contributed by atoms with Gasteiger partial charge >= 0.3 is 24.4 Å². The maximum atomic E-state index is 13.7. The normalized spacial score (nSPS) is 16.6. The number of aliphatic hydroxyl groups excluding tert-OH is 2. The average molecular weight is 1430 g/mol. The molecule has 28 nitrogen and oxygen atoms in total. The number of hydrogen-bond acceptors (Lipinski definition) is 16. The molecule has 0 bridgehead atoms. The van der Waals surface area contributed by atoms with Gasteiger partial charge in [-0.05, 0) is 111 Å². The third-order valence-electron chi connectivity index (χ3n) is 16.4. The first-order chi connectivity index (χ1) is 47.2. The van der Waals surface area contributed by atoms with Gasteiger partial charge in [0.05, 0.1) is 64.9 Å². The largest absolute Gasteiger partial charge is 0.416 e. The van der Waals surface area contributed by atoms with Crippen molar-refractivity contribution in [3.05, 3.63) is 70.8 Å². The lowest BCUT2D eigenvalue weighted by molar-refractivity contribution is -0.216. The Labute approximate surface area is 578 Å². The van der Waals surface area contributed by atoms with Crippen LogP contribution in [0.5, 0.6) is 0 Å². The summed E-state index contributed by atoms with van der Waals surface area (Å²) >= 11 is 0. The second-order valence-corrected chi connectivity index (χ2v) is 25.5. The maximum absolute atomic E-state index is 13.7. The van der Waals surface area contributed by atoms with E-state index in [2.05, 4.69) is 53.2 Å². The molecule has 4 rings (SSSR count). The van der Waals surface area contributed by atoms with E-state index < -0.39 is 132 Å². The fraction of sp³-hybridized carbons (Fsp3) is 0.667. The standard InChI is InChI=1S/C66H100F6N12O16/c1-39(2)49(53(85)65(67,68)69)79-59(91)47-13-11-29-83(47)61(93)51(41(5)6)81-57(89)45-19-15-43(16-20-45)55(87)73-25-31-97-35-37-99-33-27-77-63(95)75-23-9-10-24-76-64(96)78-28-34-100-38-36-98-32-26-74-56(88)44-17-21-46(22-18-44)58(90)82-52(42(7)8)62(94)84-30-12-14-48(84)60(92)80-50(40(3)4)54(86)66(70,71)72/h15-22,39-42,47-54,85-86H,9-14,23-38H2,1-8H3,(H,73,87)(H,74,88)(H,79,91)(H,80,92)(H,81,89)(H,82,90)(H2,75,77,95)(H2,76,78,96)/t47-,48-,49?,50?,51-,52-,53?,54?/m0/s1. The minimum atomic E-state index is -4.97. The molecule has 2 aromatic rings. The molecule has 2 fully saturated rings. The first-order valence-electron chi connectivity index (χ1n) is 33.7. The average Bonchev–Trinajstić information content (AvgIpc) is 1.57. The first kappa shape index (κ1) is 84.5. The number of aliphatic hydroxyl groups is 2. The first-order valence-corrected chi connectivity index (χ1v) is 33.7. The number of nitrogens with one attached hydrogen (secondary N) is 10. The summed E-state index contributed by atoms with van der Waals surface area (Å²) in [5.74, 6) is -7.39. The summed E-state index contributed by atoms with van der Waals surface area (Å²) in [5, 5.41) is 45.9. The van der Waals surface area contributed by atoms with Crippen molar-refractivity contribution in [1.29, 1.82) is 0 Å². The molecular formula is C66H100F6N12O16. The molecular weight excluding hydrogens is 1330 g/mol. The fourth-order valence-electron chi connectivity index (χ4n) is 10.7. The van der Waals surface area contributed by atoms with Gasteiger partial charge < -0.3 is 92.1 Å². The van der Waals surface area contributed by atoms with E-state index in [1.807, 2.05) is 0 Å². The maximum Gasteiger partial charge on any atom is 0.416 e. The molecule has 2 saturated heterocycles. The Balaban J connectivity index is 0.955. The highest BCUT2D eigenvalue weighted by Gasteiger charge is 2.49. The van der Waals surface area contributed by atoms with Crippen LogP contribution in [-0.4, -0.2) is 245 Å². The van der Waals surface area contributed by atoms with Crippen LogP contribution in [0, 0.1) is 23.7 Å².